The average molecular weight is 377 g/mol. The van der Waals surface area contributed by atoms with Gasteiger partial charge in [-0.15, -0.1) is 11.8 Å². The predicted octanol–water partition coefficient (Wildman–Crippen LogP) is 5.27. The maximum atomic E-state index is 12.5. The van der Waals surface area contributed by atoms with Crippen LogP contribution < -0.4 is 14.4 Å². The summed E-state index contributed by atoms with van der Waals surface area (Å²) < 4.78 is 11.1. The molecule has 0 aromatic heterocycles. The summed E-state index contributed by atoms with van der Waals surface area (Å²) in [5, 5.41) is -0.0447. The summed E-state index contributed by atoms with van der Waals surface area (Å²) >= 11 is 1.63. The standard InChI is InChI=1S/C22H19NO3S/c1-25-18-13-9-17(10-14-18)23-21(24)15-27-22(23)16-7-11-20(12-8-16)26-19-5-3-2-4-6-19/h2-14,22H,15H2,1H3/t22-/m1/s1. The summed E-state index contributed by atoms with van der Waals surface area (Å²) in [6.07, 6.45) is 0. The van der Waals surface area contributed by atoms with Crippen molar-refractivity contribution >= 4 is 23.4 Å². The Kier molecular flexibility index (Phi) is 5.03. The zero-order chi connectivity index (χ0) is 18.6. The molecule has 0 bridgehead atoms. The van der Waals surface area contributed by atoms with Crippen LogP contribution in [0.1, 0.15) is 10.9 Å². The number of anilines is 1. The van der Waals surface area contributed by atoms with E-state index in [4.69, 9.17) is 9.47 Å². The number of hydrogen-bond donors (Lipinski definition) is 0. The number of rotatable bonds is 5. The third-order valence-corrected chi connectivity index (χ3v) is 5.57. The molecule has 3 aromatic rings. The Bertz CT molecular complexity index is 911. The van der Waals surface area contributed by atoms with Gasteiger partial charge in [-0.05, 0) is 54.1 Å². The van der Waals surface area contributed by atoms with Crippen LogP contribution in [-0.2, 0) is 4.79 Å². The van der Waals surface area contributed by atoms with Crippen LogP contribution in [0.5, 0.6) is 17.2 Å². The van der Waals surface area contributed by atoms with Gasteiger partial charge in [-0.1, -0.05) is 30.3 Å². The summed E-state index contributed by atoms with van der Waals surface area (Å²) in [6, 6.07) is 25.2. The van der Waals surface area contributed by atoms with Gasteiger partial charge in [-0.2, -0.15) is 0 Å². The second-order valence-electron chi connectivity index (χ2n) is 6.11. The van der Waals surface area contributed by atoms with E-state index in [0.717, 1.165) is 28.5 Å². The van der Waals surface area contributed by atoms with Gasteiger partial charge in [0, 0.05) is 5.69 Å². The van der Waals surface area contributed by atoms with E-state index < -0.39 is 0 Å². The third-order valence-electron chi connectivity index (χ3n) is 4.36. The highest BCUT2D eigenvalue weighted by Crippen LogP contribution is 2.42. The Morgan fingerprint density at radius 3 is 2.15 bits per heavy atom. The van der Waals surface area contributed by atoms with Crippen molar-refractivity contribution in [3.05, 3.63) is 84.4 Å². The van der Waals surface area contributed by atoms with Gasteiger partial charge in [0.15, 0.2) is 0 Å². The molecule has 1 aliphatic heterocycles. The van der Waals surface area contributed by atoms with Crippen LogP contribution in [0.15, 0.2) is 78.9 Å². The molecule has 5 heteroatoms. The van der Waals surface area contributed by atoms with Gasteiger partial charge in [0.25, 0.3) is 0 Å². The van der Waals surface area contributed by atoms with E-state index in [-0.39, 0.29) is 11.3 Å². The Morgan fingerprint density at radius 2 is 1.48 bits per heavy atom. The molecule has 4 nitrogen and oxygen atoms in total. The van der Waals surface area contributed by atoms with E-state index in [0.29, 0.717) is 5.75 Å². The van der Waals surface area contributed by atoms with Crippen molar-refractivity contribution in [2.24, 2.45) is 0 Å². The van der Waals surface area contributed by atoms with E-state index in [1.807, 2.05) is 83.8 Å². The summed E-state index contributed by atoms with van der Waals surface area (Å²) in [5.74, 6) is 2.93. The predicted molar refractivity (Wildman–Crippen MR) is 109 cm³/mol. The third kappa shape index (κ3) is 3.78. The number of methoxy groups -OCH3 is 1. The molecular formula is C22H19NO3S. The molecule has 136 valence electrons. The number of hydrogen-bond acceptors (Lipinski definition) is 4. The number of thioether (sulfide) groups is 1. The van der Waals surface area contributed by atoms with Crippen LogP contribution in [0, 0.1) is 0 Å². The summed E-state index contributed by atoms with van der Waals surface area (Å²) in [6.45, 7) is 0. The number of benzene rings is 3. The zero-order valence-corrected chi connectivity index (χ0v) is 15.7. The van der Waals surface area contributed by atoms with Gasteiger partial charge >= 0.3 is 0 Å². The number of carbonyl (C=O) groups excluding carboxylic acids is 1. The Morgan fingerprint density at radius 1 is 0.852 bits per heavy atom. The minimum absolute atomic E-state index is 0.0447. The van der Waals surface area contributed by atoms with Crippen molar-refractivity contribution in [2.75, 3.05) is 17.8 Å². The molecule has 1 fully saturated rings. The first-order valence-corrected chi connectivity index (χ1v) is 9.70. The molecule has 0 aliphatic carbocycles. The van der Waals surface area contributed by atoms with E-state index >= 15 is 0 Å². The maximum absolute atomic E-state index is 12.5. The highest BCUT2D eigenvalue weighted by molar-refractivity contribution is 8.00. The van der Waals surface area contributed by atoms with Crippen molar-refractivity contribution < 1.29 is 14.3 Å². The average Bonchev–Trinajstić information content (AvgIpc) is 3.11. The van der Waals surface area contributed by atoms with Crippen molar-refractivity contribution in [2.45, 2.75) is 5.37 Å². The van der Waals surface area contributed by atoms with Gasteiger partial charge in [0.1, 0.15) is 22.6 Å². The molecule has 27 heavy (non-hydrogen) atoms. The van der Waals surface area contributed by atoms with Crippen LogP contribution in [0.3, 0.4) is 0 Å². The van der Waals surface area contributed by atoms with Crippen molar-refractivity contribution in [3.63, 3.8) is 0 Å². The van der Waals surface area contributed by atoms with Gasteiger partial charge < -0.3 is 9.47 Å². The molecule has 1 aliphatic rings. The Labute approximate surface area is 162 Å². The van der Waals surface area contributed by atoms with Crippen LogP contribution >= 0.6 is 11.8 Å². The molecule has 1 saturated heterocycles. The lowest BCUT2D eigenvalue weighted by Gasteiger charge is -2.24. The lowest BCUT2D eigenvalue weighted by atomic mass is 10.1. The summed E-state index contributed by atoms with van der Waals surface area (Å²) in [7, 11) is 1.63. The first kappa shape index (κ1) is 17.5. The fourth-order valence-electron chi connectivity index (χ4n) is 3.02. The number of amides is 1. The molecule has 1 heterocycles. The minimum atomic E-state index is -0.0447. The van der Waals surface area contributed by atoms with Crippen LogP contribution in [0.2, 0.25) is 0 Å². The number of ether oxygens (including phenoxy) is 2. The number of para-hydroxylation sites is 1. The molecule has 4 rings (SSSR count). The molecule has 3 aromatic carbocycles. The number of carbonyl (C=O) groups is 1. The van der Waals surface area contributed by atoms with Crippen LogP contribution in [0.4, 0.5) is 5.69 Å². The largest absolute Gasteiger partial charge is 0.497 e. The summed E-state index contributed by atoms with van der Waals surface area (Å²) in [5.41, 5.74) is 1.95. The SMILES string of the molecule is COc1ccc(N2C(=O)CS[C@@H]2c2ccc(Oc3ccccc3)cc2)cc1. The van der Waals surface area contributed by atoms with Crippen molar-refractivity contribution in [3.8, 4) is 17.2 Å². The molecule has 0 N–H and O–H groups in total. The highest BCUT2D eigenvalue weighted by Gasteiger charge is 2.34. The number of nitrogens with zero attached hydrogens (tertiary/aromatic N) is 1. The molecular weight excluding hydrogens is 358 g/mol. The molecule has 0 radical (unpaired) electrons. The van der Waals surface area contributed by atoms with Gasteiger partial charge in [-0.25, -0.2) is 0 Å². The maximum Gasteiger partial charge on any atom is 0.238 e. The zero-order valence-electron chi connectivity index (χ0n) is 14.9. The van der Waals surface area contributed by atoms with Crippen molar-refractivity contribution in [1.82, 2.24) is 0 Å². The van der Waals surface area contributed by atoms with Crippen LogP contribution in [0.25, 0.3) is 0 Å². The van der Waals surface area contributed by atoms with Gasteiger partial charge in [0.05, 0.1) is 12.9 Å². The first-order valence-electron chi connectivity index (χ1n) is 8.65. The second-order valence-corrected chi connectivity index (χ2v) is 7.18. The molecule has 1 atom stereocenters. The van der Waals surface area contributed by atoms with Crippen molar-refractivity contribution in [1.29, 1.82) is 0 Å². The second kappa shape index (κ2) is 7.76. The molecule has 0 saturated carbocycles. The summed E-state index contributed by atoms with van der Waals surface area (Å²) in [4.78, 5) is 14.3. The Balaban J connectivity index is 1.55. The van der Waals surface area contributed by atoms with E-state index in [1.165, 1.54) is 0 Å². The Hall–Kier alpha value is -2.92. The van der Waals surface area contributed by atoms with E-state index in [2.05, 4.69) is 0 Å². The quantitative estimate of drug-likeness (QED) is 0.607. The lowest BCUT2D eigenvalue weighted by Crippen LogP contribution is -2.27. The van der Waals surface area contributed by atoms with E-state index in [9.17, 15) is 4.79 Å². The van der Waals surface area contributed by atoms with Gasteiger partial charge in [0.2, 0.25) is 5.91 Å². The molecule has 1 amide bonds. The normalized spacial score (nSPS) is 16.4. The fraction of sp³-hybridized carbons (Fsp3) is 0.136. The first-order chi connectivity index (χ1) is 13.2. The highest BCUT2D eigenvalue weighted by atomic mass is 32.2. The topological polar surface area (TPSA) is 38.8 Å². The minimum Gasteiger partial charge on any atom is -0.497 e. The van der Waals surface area contributed by atoms with E-state index in [1.54, 1.807) is 18.9 Å². The molecule has 0 spiro atoms. The molecule has 0 unspecified atom stereocenters. The lowest BCUT2D eigenvalue weighted by molar-refractivity contribution is -0.115. The fourth-order valence-corrected chi connectivity index (χ4v) is 4.20. The smallest absolute Gasteiger partial charge is 0.238 e. The monoisotopic (exact) mass is 377 g/mol. The van der Waals surface area contributed by atoms with Gasteiger partial charge in [-0.3, -0.25) is 9.69 Å². The van der Waals surface area contributed by atoms with Crippen LogP contribution in [-0.4, -0.2) is 18.8 Å².